The molecule has 0 radical (unpaired) electrons. The Morgan fingerprint density at radius 1 is 1.39 bits per heavy atom. The van der Waals surface area contributed by atoms with Gasteiger partial charge in [-0.25, -0.2) is 14.8 Å². The zero-order chi connectivity index (χ0) is 13.0. The number of hydrogen-bond acceptors (Lipinski definition) is 5. The summed E-state index contributed by atoms with van der Waals surface area (Å²) in [6, 6.07) is 0. The number of halogens is 1. The summed E-state index contributed by atoms with van der Waals surface area (Å²) >= 11 is 3.26. The van der Waals surface area contributed by atoms with Crippen LogP contribution >= 0.6 is 15.9 Å². The average molecular weight is 311 g/mol. The fourth-order valence-electron chi connectivity index (χ4n) is 1.34. The van der Waals surface area contributed by atoms with E-state index >= 15 is 0 Å². The van der Waals surface area contributed by atoms with Gasteiger partial charge in [0, 0.05) is 18.6 Å². The summed E-state index contributed by atoms with van der Waals surface area (Å²) in [7, 11) is 0. The molecule has 0 saturated carbocycles. The summed E-state index contributed by atoms with van der Waals surface area (Å²) in [5.41, 5.74) is 0.425. The molecular formula is C11H11BrN4O2. The number of carbonyl (C=O) groups is 1. The van der Waals surface area contributed by atoms with Gasteiger partial charge in [-0.1, -0.05) is 0 Å². The van der Waals surface area contributed by atoms with Crippen molar-refractivity contribution in [3.05, 3.63) is 40.6 Å². The van der Waals surface area contributed by atoms with E-state index in [1.165, 1.54) is 6.20 Å². The molecule has 0 aromatic carbocycles. The Bertz CT molecular complexity index is 538. The Labute approximate surface area is 112 Å². The first-order chi connectivity index (χ1) is 8.69. The number of aromatic nitrogens is 4. The van der Waals surface area contributed by atoms with Crippen LogP contribution in [0, 0.1) is 0 Å². The molecule has 0 aliphatic heterocycles. The lowest BCUT2D eigenvalue weighted by Gasteiger charge is -2.00. The van der Waals surface area contributed by atoms with E-state index in [2.05, 4.69) is 31.0 Å². The van der Waals surface area contributed by atoms with E-state index < -0.39 is 0 Å². The first-order valence-electron chi connectivity index (χ1n) is 5.35. The highest BCUT2D eigenvalue weighted by Gasteiger charge is 2.09. The van der Waals surface area contributed by atoms with Crippen LogP contribution in [0.15, 0.2) is 29.3 Å². The van der Waals surface area contributed by atoms with Gasteiger partial charge in [0.2, 0.25) is 0 Å². The standard InChI is InChI=1S/C11H11BrN4O2/c1-2-18-11(17)8-3-15-16(6-8)7-10-13-4-9(12)5-14-10/h3-6H,2,7H2,1H3. The summed E-state index contributed by atoms with van der Waals surface area (Å²) in [6.07, 6.45) is 6.41. The van der Waals surface area contributed by atoms with E-state index in [0.717, 1.165) is 4.47 Å². The molecule has 0 saturated heterocycles. The molecule has 18 heavy (non-hydrogen) atoms. The van der Waals surface area contributed by atoms with E-state index in [9.17, 15) is 4.79 Å². The summed E-state index contributed by atoms with van der Waals surface area (Å²) in [5, 5.41) is 4.06. The molecular weight excluding hydrogens is 300 g/mol. The molecule has 2 rings (SSSR count). The van der Waals surface area contributed by atoms with E-state index in [1.807, 2.05) is 0 Å². The third kappa shape index (κ3) is 3.13. The highest BCUT2D eigenvalue weighted by atomic mass is 79.9. The Balaban J connectivity index is 2.06. The molecule has 0 spiro atoms. The molecule has 94 valence electrons. The molecule has 0 bridgehead atoms. The molecule has 7 heteroatoms. The van der Waals surface area contributed by atoms with Crippen molar-refractivity contribution in [2.24, 2.45) is 0 Å². The number of nitrogens with zero attached hydrogens (tertiary/aromatic N) is 4. The van der Waals surface area contributed by atoms with Crippen molar-refractivity contribution in [1.82, 2.24) is 19.7 Å². The summed E-state index contributed by atoms with van der Waals surface area (Å²) in [6.45, 7) is 2.52. The Kier molecular flexibility index (Phi) is 4.03. The van der Waals surface area contributed by atoms with Gasteiger partial charge >= 0.3 is 5.97 Å². The Hall–Kier alpha value is -1.76. The molecule has 0 atom stereocenters. The summed E-state index contributed by atoms with van der Waals surface area (Å²) in [5.74, 6) is 0.247. The quantitative estimate of drug-likeness (QED) is 0.803. The minimum Gasteiger partial charge on any atom is -0.462 e. The van der Waals surface area contributed by atoms with Crippen LogP contribution in [0.3, 0.4) is 0 Å². The lowest BCUT2D eigenvalue weighted by atomic mass is 10.4. The van der Waals surface area contributed by atoms with Crippen molar-refractivity contribution in [2.75, 3.05) is 6.61 Å². The summed E-state index contributed by atoms with van der Waals surface area (Å²) < 4.78 is 7.29. The third-order valence-corrected chi connectivity index (χ3v) is 2.53. The second-order valence-electron chi connectivity index (χ2n) is 3.46. The molecule has 0 amide bonds. The van der Waals surface area contributed by atoms with Crippen molar-refractivity contribution >= 4 is 21.9 Å². The average Bonchev–Trinajstić information content (AvgIpc) is 2.81. The van der Waals surface area contributed by atoms with Gasteiger partial charge in [-0.05, 0) is 22.9 Å². The van der Waals surface area contributed by atoms with E-state index in [-0.39, 0.29) is 5.97 Å². The lowest BCUT2D eigenvalue weighted by molar-refractivity contribution is 0.0526. The second-order valence-corrected chi connectivity index (χ2v) is 4.38. The highest BCUT2D eigenvalue weighted by Crippen LogP contribution is 2.06. The van der Waals surface area contributed by atoms with Crippen molar-refractivity contribution < 1.29 is 9.53 Å². The van der Waals surface area contributed by atoms with Gasteiger partial charge < -0.3 is 4.74 Å². The van der Waals surface area contributed by atoms with Crippen LogP contribution in [0.5, 0.6) is 0 Å². The molecule has 0 aliphatic carbocycles. The first-order valence-corrected chi connectivity index (χ1v) is 6.14. The smallest absolute Gasteiger partial charge is 0.341 e. The van der Waals surface area contributed by atoms with Crippen molar-refractivity contribution in [1.29, 1.82) is 0 Å². The lowest BCUT2D eigenvalue weighted by Crippen LogP contribution is -2.05. The molecule has 0 aliphatic rings. The van der Waals surface area contributed by atoms with E-state index in [1.54, 1.807) is 30.2 Å². The first kappa shape index (κ1) is 12.7. The van der Waals surface area contributed by atoms with Gasteiger partial charge in [-0.2, -0.15) is 5.10 Å². The molecule has 2 aromatic rings. The largest absolute Gasteiger partial charge is 0.462 e. The van der Waals surface area contributed by atoms with Gasteiger partial charge in [0.25, 0.3) is 0 Å². The van der Waals surface area contributed by atoms with Crippen LogP contribution in [-0.2, 0) is 11.3 Å². The molecule has 0 fully saturated rings. The van der Waals surface area contributed by atoms with Gasteiger partial charge in [-0.15, -0.1) is 0 Å². The van der Waals surface area contributed by atoms with Crippen LogP contribution in [0.1, 0.15) is 23.1 Å². The maximum Gasteiger partial charge on any atom is 0.341 e. The predicted octanol–water partition coefficient (Wildman–Crippen LogP) is 1.66. The number of esters is 1. The van der Waals surface area contributed by atoms with Crippen LogP contribution in [-0.4, -0.2) is 32.3 Å². The zero-order valence-corrected chi connectivity index (χ0v) is 11.3. The SMILES string of the molecule is CCOC(=O)c1cnn(Cc2ncc(Br)cn2)c1. The van der Waals surface area contributed by atoms with Crippen LogP contribution in [0.2, 0.25) is 0 Å². The molecule has 0 unspecified atom stereocenters. The van der Waals surface area contributed by atoms with Crippen molar-refractivity contribution in [3.8, 4) is 0 Å². The number of ether oxygens (including phenoxy) is 1. The monoisotopic (exact) mass is 310 g/mol. The molecule has 6 nitrogen and oxygen atoms in total. The van der Waals surface area contributed by atoms with E-state index in [0.29, 0.717) is 24.5 Å². The fourth-order valence-corrected chi connectivity index (χ4v) is 1.54. The van der Waals surface area contributed by atoms with Gasteiger partial charge in [-0.3, -0.25) is 4.68 Å². The second kappa shape index (κ2) is 5.72. The minimum atomic E-state index is -0.375. The topological polar surface area (TPSA) is 69.9 Å². The van der Waals surface area contributed by atoms with Gasteiger partial charge in [0.1, 0.15) is 12.4 Å². The maximum atomic E-state index is 11.4. The Morgan fingerprint density at radius 3 is 2.78 bits per heavy atom. The van der Waals surface area contributed by atoms with Crippen LogP contribution < -0.4 is 0 Å². The number of carbonyl (C=O) groups excluding carboxylic acids is 1. The predicted molar refractivity (Wildman–Crippen MR) is 67.0 cm³/mol. The van der Waals surface area contributed by atoms with Crippen LogP contribution in [0.4, 0.5) is 0 Å². The van der Waals surface area contributed by atoms with Crippen molar-refractivity contribution in [3.63, 3.8) is 0 Å². The highest BCUT2D eigenvalue weighted by molar-refractivity contribution is 9.10. The number of hydrogen-bond donors (Lipinski definition) is 0. The Morgan fingerprint density at radius 2 is 2.11 bits per heavy atom. The fraction of sp³-hybridized carbons (Fsp3) is 0.273. The van der Waals surface area contributed by atoms with Gasteiger partial charge in [0.05, 0.1) is 22.8 Å². The maximum absolute atomic E-state index is 11.4. The van der Waals surface area contributed by atoms with Gasteiger partial charge in [0.15, 0.2) is 0 Å². The summed E-state index contributed by atoms with van der Waals surface area (Å²) in [4.78, 5) is 19.7. The zero-order valence-electron chi connectivity index (χ0n) is 9.71. The van der Waals surface area contributed by atoms with Crippen molar-refractivity contribution in [2.45, 2.75) is 13.5 Å². The molecule has 0 N–H and O–H groups in total. The molecule has 2 aromatic heterocycles. The number of rotatable bonds is 4. The van der Waals surface area contributed by atoms with Crippen LogP contribution in [0.25, 0.3) is 0 Å². The third-order valence-electron chi connectivity index (χ3n) is 2.12. The molecule has 2 heterocycles. The van der Waals surface area contributed by atoms with E-state index in [4.69, 9.17) is 4.74 Å². The minimum absolute atomic E-state index is 0.347. The normalized spacial score (nSPS) is 10.3.